The van der Waals surface area contributed by atoms with Gasteiger partial charge in [0.2, 0.25) is 5.71 Å². The highest BCUT2D eigenvalue weighted by atomic mass is 16.3. The summed E-state index contributed by atoms with van der Waals surface area (Å²) in [7, 11) is 0. The molecule has 58 heavy (non-hydrogen) atoms. The largest absolute Gasteiger partial charge is 0.438 e. The van der Waals surface area contributed by atoms with E-state index >= 15 is 0 Å². The first-order chi connectivity index (χ1) is 28.4. The van der Waals surface area contributed by atoms with Crippen molar-refractivity contribution in [2.24, 2.45) is 5.41 Å². The second-order valence-corrected chi connectivity index (χ2v) is 16.8. The molecule has 12 rings (SSSR count). The molecule has 3 aliphatic carbocycles. The molecule has 0 amide bonds. The summed E-state index contributed by atoms with van der Waals surface area (Å²) in [5, 5.41) is 3.24. The first-order valence-corrected chi connectivity index (χ1v) is 20.2. The number of allylic oxidation sites excluding steroid dienone is 5. The molecule has 0 saturated carbocycles. The molecular weight excluding hydrogens is 707 g/mol. The van der Waals surface area contributed by atoms with Crippen molar-refractivity contribution in [2.75, 3.05) is 0 Å². The van der Waals surface area contributed by atoms with Gasteiger partial charge in [0.15, 0.2) is 5.82 Å². The smallest absolute Gasteiger partial charge is 0.231 e. The normalized spacial score (nSPS) is 17.7. The van der Waals surface area contributed by atoms with Crippen molar-refractivity contribution in [1.29, 1.82) is 0 Å². The van der Waals surface area contributed by atoms with Gasteiger partial charge in [-0.2, -0.15) is 4.98 Å². The molecular formula is C54H39N3O. The predicted molar refractivity (Wildman–Crippen MR) is 238 cm³/mol. The highest BCUT2D eigenvalue weighted by Crippen LogP contribution is 2.61. The monoisotopic (exact) mass is 745 g/mol. The molecule has 3 aliphatic rings. The third-order valence-corrected chi connectivity index (χ3v) is 13.1. The van der Waals surface area contributed by atoms with Crippen LogP contribution in [0.15, 0.2) is 179 Å². The van der Waals surface area contributed by atoms with Crippen LogP contribution < -0.4 is 0 Å². The Bertz CT molecular complexity index is 3280. The highest BCUT2D eigenvalue weighted by molar-refractivity contribution is 6.10. The van der Waals surface area contributed by atoms with Gasteiger partial charge < -0.3 is 8.98 Å². The Morgan fingerprint density at radius 3 is 2.21 bits per heavy atom. The molecule has 3 heterocycles. The Labute approximate surface area is 337 Å². The molecule has 0 spiro atoms. The summed E-state index contributed by atoms with van der Waals surface area (Å²) in [6.07, 6.45) is 8.13. The van der Waals surface area contributed by atoms with Gasteiger partial charge in [0, 0.05) is 38.4 Å². The van der Waals surface area contributed by atoms with Gasteiger partial charge in [-0.3, -0.25) is 0 Å². The van der Waals surface area contributed by atoms with E-state index in [1.165, 1.54) is 61.1 Å². The minimum Gasteiger partial charge on any atom is -0.438 e. The molecule has 1 atom stereocenters. The van der Waals surface area contributed by atoms with Crippen LogP contribution in [-0.4, -0.2) is 14.5 Å². The zero-order chi connectivity index (χ0) is 38.8. The zero-order valence-corrected chi connectivity index (χ0v) is 32.6. The lowest BCUT2D eigenvalue weighted by Gasteiger charge is -2.44. The van der Waals surface area contributed by atoms with Crippen molar-refractivity contribution < 1.29 is 4.42 Å². The Morgan fingerprint density at radius 1 is 0.621 bits per heavy atom. The van der Waals surface area contributed by atoms with Crippen molar-refractivity contribution in [1.82, 2.24) is 14.5 Å². The Hall–Kier alpha value is -7.04. The molecule has 0 bridgehead atoms. The van der Waals surface area contributed by atoms with E-state index in [0.29, 0.717) is 11.5 Å². The summed E-state index contributed by atoms with van der Waals surface area (Å²) in [6, 6.07) is 53.9. The van der Waals surface area contributed by atoms with Crippen LogP contribution in [0.4, 0.5) is 0 Å². The first kappa shape index (κ1) is 33.1. The molecule has 0 fully saturated rings. The molecule has 0 N–H and O–H groups in total. The minimum atomic E-state index is -0.174. The fourth-order valence-corrected chi connectivity index (χ4v) is 10.6. The molecule has 6 aromatic carbocycles. The third-order valence-electron chi connectivity index (χ3n) is 13.1. The SMILES string of the molecule is CC12Cc3c(n(-c4cccc(-c5nc(-c6ccccc6)c6c(n5)oc5ccccc56)c4)c4ccc(-c5ccccc5)cc34)C=C1C=CC1=C2C(C)(C)c2ccccc21. The van der Waals surface area contributed by atoms with Gasteiger partial charge in [0.1, 0.15) is 5.58 Å². The van der Waals surface area contributed by atoms with E-state index in [9.17, 15) is 0 Å². The highest BCUT2D eigenvalue weighted by Gasteiger charge is 2.50. The first-order valence-electron chi connectivity index (χ1n) is 20.2. The average molecular weight is 746 g/mol. The predicted octanol–water partition coefficient (Wildman–Crippen LogP) is 13.6. The van der Waals surface area contributed by atoms with Crippen molar-refractivity contribution >= 4 is 44.6 Å². The van der Waals surface area contributed by atoms with Gasteiger partial charge in [0.25, 0.3) is 0 Å². The maximum absolute atomic E-state index is 6.41. The van der Waals surface area contributed by atoms with Crippen LogP contribution in [-0.2, 0) is 11.8 Å². The van der Waals surface area contributed by atoms with Crippen LogP contribution in [0, 0.1) is 5.41 Å². The summed E-state index contributed by atoms with van der Waals surface area (Å²) in [4.78, 5) is 10.4. The molecule has 0 radical (unpaired) electrons. The van der Waals surface area contributed by atoms with Gasteiger partial charge >= 0.3 is 0 Å². The maximum atomic E-state index is 6.41. The lowest BCUT2D eigenvalue weighted by Crippen LogP contribution is -2.36. The second-order valence-electron chi connectivity index (χ2n) is 16.8. The topological polar surface area (TPSA) is 43.9 Å². The number of nitrogens with zero attached hydrogens (tertiary/aromatic N) is 3. The Balaban J connectivity index is 1.07. The summed E-state index contributed by atoms with van der Waals surface area (Å²) in [5.74, 6) is 0.632. The number of hydrogen-bond acceptors (Lipinski definition) is 3. The lowest BCUT2D eigenvalue weighted by molar-refractivity contribution is 0.411. The number of hydrogen-bond donors (Lipinski definition) is 0. The van der Waals surface area contributed by atoms with Crippen LogP contribution in [0.2, 0.25) is 0 Å². The van der Waals surface area contributed by atoms with Gasteiger partial charge in [-0.15, -0.1) is 0 Å². The van der Waals surface area contributed by atoms with E-state index in [0.717, 1.165) is 45.3 Å². The molecule has 276 valence electrons. The molecule has 9 aromatic rings. The van der Waals surface area contributed by atoms with Gasteiger partial charge in [-0.25, -0.2) is 4.98 Å². The summed E-state index contributed by atoms with van der Waals surface area (Å²) >= 11 is 0. The molecule has 4 heteroatoms. The maximum Gasteiger partial charge on any atom is 0.231 e. The fourth-order valence-electron chi connectivity index (χ4n) is 10.6. The van der Waals surface area contributed by atoms with Gasteiger partial charge in [-0.1, -0.05) is 154 Å². The summed E-state index contributed by atoms with van der Waals surface area (Å²) in [5.41, 5.74) is 18.3. The van der Waals surface area contributed by atoms with Crippen LogP contribution in [0.3, 0.4) is 0 Å². The van der Waals surface area contributed by atoms with Crippen LogP contribution in [0.1, 0.15) is 43.2 Å². The molecule has 1 unspecified atom stereocenters. The lowest BCUT2D eigenvalue weighted by atomic mass is 9.59. The van der Waals surface area contributed by atoms with Crippen molar-refractivity contribution in [3.8, 4) is 39.5 Å². The van der Waals surface area contributed by atoms with Crippen LogP contribution in [0.5, 0.6) is 0 Å². The Morgan fingerprint density at radius 2 is 1.36 bits per heavy atom. The van der Waals surface area contributed by atoms with Crippen molar-refractivity contribution in [3.05, 3.63) is 197 Å². The number of aromatic nitrogens is 3. The van der Waals surface area contributed by atoms with E-state index in [-0.39, 0.29) is 10.8 Å². The van der Waals surface area contributed by atoms with Gasteiger partial charge in [-0.05, 0) is 87.4 Å². The Kier molecular flexibility index (Phi) is 6.85. The van der Waals surface area contributed by atoms with E-state index in [4.69, 9.17) is 14.4 Å². The number of rotatable bonds is 4. The number of benzene rings is 6. The quantitative estimate of drug-likeness (QED) is 0.180. The van der Waals surface area contributed by atoms with Crippen molar-refractivity contribution in [2.45, 2.75) is 32.6 Å². The average Bonchev–Trinajstić information content (AvgIpc) is 3.88. The van der Waals surface area contributed by atoms with E-state index in [2.05, 4.69) is 171 Å². The fraction of sp³-hybridized carbons (Fsp3) is 0.111. The van der Waals surface area contributed by atoms with Crippen LogP contribution in [0.25, 0.3) is 84.1 Å². The minimum absolute atomic E-state index is 0.0938. The van der Waals surface area contributed by atoms with E-state index in [1.807, 2.05) is 24.3 Å². The molecule has 0 aliphatic heterocycles. The third kappa shape index (κ3) is 4.63. The number of furan rings is 1. The number of fused-ring (bicyclic) bond motifs is 10. The number of para-hydroxylation sites is 1. The molecule has 3 aromatic heterocycles. The van der Waals surface area contributed by atoms with Gasteiger partial charge in [0.05, 0.1) is 22.3 Å². The second kappa shape index (κ2) is 12.0. The van der Waals surface area contributed by atoms with E-state index < -0.39 is 0 Å². The van der Waals surface area contributed by atoms with Crippen LogP contribution >= 0.6 is 0 Å². The zero-order valence-electron chi connectivity index (χ0n) is 32.6. The van der Waals surface area contributed by atoms with Crippen molar-refractivity contribution in [3.63, 3.8) is 0 Å². The molecule has 4 nitrogen and oxygen atoms in total. The van der Waals surface area contributed by atoms with E-state index in [1.54, 1.807) is 0 Å². The standard InChI is InChI=1S/C54H39N3O/c1-53(2)44-23-12-10-21-39(44)40-27-26-37-31-46-43(32-54(37,3)50(40)53)42-30-35(33-15-6-4-7-16-33)25-28-45(42)57(46)38-20-14-19-36(29-38)51-55-49(34-17-8-5-9-18-34)48-41-22-11-13-24-47(41)58-52(48)56-51/h4-31H,32H2,1-3H3. The summed E-state index contributed by atoms with van der Waals surface area (Å²) in [6.45, 7) is 7.32. The molecule has 0 saturated heterocycles. The summed E-state index contributed by atoms with van der Waals surface area (Å²) < 4.78 is 8.87.